The number of hydrogen-bond acceptors (Lipinski definition) is 3. The first-order valence-corrected chi connectivity index (χ1v) is 7.89. The summed E-state index contributed by atoms with van der Waals surface area (Å²) in [6.07, 6.45) is 0.912. The summed E-state index contributed by atoms with van der Waals surface area (Å²) in [5.74, 6) is 0.390. The third kappa shape index (κ3) is 3.17. The van der Waals surface area contributed by atoms with Crippen molar-refractivity contribution in [2.45, 2.75) is 20.3 Å². The maximum Gasteiger partial charge on any atom is 0.204 e. The largest absolute Gasteiger partial charge is 0.492 e. The van der Waals surface area contributed by atoms with Gasteiger partial charge in [-0.2, -0.15) is 0 Å². The lowest BCUT2D eigenvalue weighted by atomic mass is 10.1. The summed E-state index contributed by atoms with van der Waals surface area (Å²) in [5.41, 5.74) is 0.407. The molecule has 2 aromatic rings. The number of carbonyl (C=O) groups is 1. The van der Waals surface area contributed by atoms with Crippen LogP contribution >= 0.6 is 34.5 Å². The average molecular weight is 329 g/mol. The molecule has 0 amide bonds. The fourth-order valence-corrected chi connectivity index (χ4v) is 3.15. The zero-order chi connectivity index (χ0) is 14.7. The van der Waals surface area contributed by atoms with Gasteiger partial charge in [-0.05, 0) is 31.5 Å². The Balaban J connectivity index is 2.37. The molecule has 0 saturated heterocycles. The molecule has 2 nitrogen and oxygen atoms in total. The molecule has 0 saturated carbocycles. The van der Waals surface area contributed by atoms with Crippen LogP contribution < -0.4 is 4.74 Å². The minimum Gasteiger partial charge on any atom is -0.492 e. The zero-order valence-electron chi connectivity index (χ0n) is 11.2. The summed E-state index contributed by atoms with van der Waals surface area (Å²) >= 11 is 13.8. The third-order valence-electron chi connectivity index (χ3n) is 2.80. The Morgan fingerprint density at radius 1 is 1.20 bits per heavy atom. The highest BCUT2D eigenvalue weighted by Crippen LogP contribution is 2.33. The molecule has 0 atom stereocenters. The standard InChI is InChI=1S/C15H14Cl2O2S/c1-3-9-5-6-14(20-9)15(18)10-7-12(17)13(19-4-2)8-11(10)16/h5-8H,3-4H2,1-2H3. The molecular weight excluding hydrogens is 315 g/mol. The van der Waals surface area contributed by atoms with E-state index in [1.165, 1.54) is 16.2 Å². The second-order valence-corrected chi connectivity index (χ2v) is 6.13. The lowest BCUT2D eigenvalue weighted by Gasteiger charge is -2.09. The van der Waals surface area contributed by atoms with Crippen molar-refractivity contribution in [1.29, 1.82) is 0 Å². The van der Waals surface area contributed by atoms with Gasteiger partial charge in [-0.3, -0.25) is 4.79 Å². The van der Waals surface area contributed by atoms with Crippen molar-refractivity contribution in [2.75, 3.05) is 6.61 Å². The molecule has 2 rings (SSSR count). The molecule has 20 heavy (non-hydrogen) atoms. The van der Waals surface area contributed by atoms with Crippen molar-refractivity contribution >= 4 is 40.3 Å². The van der Waals surface area contributed by atoms with Gasteiger partial charge in [-0.25, -0.2) is 0 Å². The topological polar surface area (TPSA) is 26.3 Å². The van der Waals surface area contributed by atoms with Crippen molar-refractivity contribution in [1.82, 2.24) is 0 Å². The number of ether oxygens (including phenoxy) is 1. The summed E-state index contributed by atoms with van der Waals surface area (Å²) in [7, 11) is 0. The highest BCUT2D eigenvalue weighted by atomic mass is 35.5. The lowest BCUT2D eigenvalue weighted by Crippen LogP contribution is -2.01. The van der Waals surface area contributed by atoms with Gasteiger partial charge in [-0.15, -0.1) is 11.3 Å². The molecular formula is C15H14Cl2O2S. The van der Waals surface area contributed by atoms with Gasteiger partial charge in [-0.1, -0.05) is 30.1 Å². The molecule has 5 heteroatoms. The maximum absolute atomic E-state index is 12.4. The molecule has 0 unspecified atom stereocenters. The van der Waals surface area contributed by atoms with E-state index in [1.54, 1.807) is 12.1 Å². The van der Waals surface area contributed by atoms with E-state index in [1.807, 2.05) is 19.1 Å². The van der Waals surface area contributed by atoms with Crippen LogP contribution in [0.25, 0.3) is 0 Å². The lowest BCUT2D eigenvalue weighted by molar-refractivity contribution is 0.104. The van der Waals surface area contributed by atoms with E-state index in [4.69, 9.17) is 27.9 Å². The number of ketones is 1. The van der Waals surface area contributed by atoms with Gasteiger partial charge >= 0.3 is 0 Å². The van der Waals surface area contributed by atoms with Crippen LogP contribution in [0.3, 0.4) is 0 Å². The van der Waals surface area contributed by atoms with E-state index in [0.29, 0.717) is 32.8 Å². The van der Waals surface area contributed by atoms with E-state index in [0.717, 1.165) is 6.42 Å². The Morgan fingerprint density at radius 2 is 1.95 bits per heavy atom. The van der Waals surface area contributed by atoms with Gasteiger partial charge in [0.15, 0.2) is 0 Å². The normalized spacial score (nSPS) is 10.6. The molecule has 0 aliphatic rings. The molecule has 1 aromatic carbocycles. The van der Waals surface area contributed by atoms with Gasteiger partial charge < -0.3 is 4.74 Å². The van der Waals surface area contributed by atoms with Crippen LogP contribution in [0.15, 0.2) is 24.3 Å². The Hall–Kier alpha value is -1.03. The summed E-state index contributed by atoms with van der Waals surface area (Å²) in [4.78, 5) is 14.3. The Bertz CT molecular complexity index is 635. The first kappa shape index (κ1) is 15.4. The number of benzene rings is 1. The summed E-state index contributed by atoms with van der Waals surface area (Å²) in [5, 5.41) is 0.751. The first-order valence-electron chi connectivity index (χ1n) is 6.32. The average Bonchev–Trinajstić information content (AvgIpc) is 2.91. The molecule has 0 spiro atoms. The van der Waals surface area contributed by atoms with Gasteiger partial charge in [0.1, 0.15) is 5.75 Å². The number of rotatable bonds is 5. The SMILES string of the molecule is CCOc1cc(Cl)c(C(=O)c2ccc(CC)s2)cc1Cl. The Morgan fingerprint density at radius 3 is 2.55 bits per heavy atom. The number of halogens is 2. The van der Waals surface area contributed by atoms with E-state index in [2.05, 4.69) is 6.92 Å². The minimum absolute atomic E-state index is 0.107. The molecule has 1 aromatic heterocycles. The van der Waals surface area contributed by atoms with Crippen molar-refractivity contribution in [3.63, 3.8) is 0 Å². The fraction of sp³-hybridized carbons (Fsp3) is 0.267. The van der Waals surface area contributed by atoms with Crippen LogP contribution in [-0.2, 0) is 6.42 Å². The quantitative estimate of drug-likeness (QED) is 0.701. The Kier molecular flexibility index (Phi) is 5.08. The van der Waals surface area contributed by atoms with E-state index in [9.17, 15) is 4.79 Å². The highest BCUT2D eigenvalue weighted by molar-refractivity contribution is 7.14. The van der Waals surface area contributed by atoms with Crippen LogP contribution in [0.2, 0.25) is 10.0 Å². The van der Waals surface area contributed by atoms with Crippen molar-refractivity contribution in [3.05, 3.63) is 49.6 Å². The predicted molar refractivity (Wildman–Crippen MR) is 84.8 cm³/mol. The smallest absolute Gasteiger partial charge is 0.204 e. The van der Waals surface area contributed by atoms with Crippen LogP contribution in [0, 0.1) is 0 Å². The van der Waals surface area contributed by atoms with Crippen LogP contribution in [0.4, 0.5) is 0 Å². The number of thiophene rings is 1. The molecule has 0 aliphatic heterocycles. The van der Waals surface area contributed by atoms with Crippen LogP contribution in [0.1, 0.15) is 34.0 Å². The summed E-state index contributed by atoms with van der Waals surface area (Å²) < 4.78 is 5.35. The second kappa shape index (κ2) is 6.61. The number of hydrogen-bond donors (Lipinski definition) is 0. The van der Waals surface area contributed by atoms with Crippen LogP contribution in [-0.4, -0.2) is 12.4 Å². The fourth-order valence-electron chi connectivity index (χ4n) is 1.79. The molecule has 1 heterocycles. The monoisotopic (exact) mass is 328 g/mol. The molecule has 106 valence electrons. The maximum atomic E-state index is 12.4. The summed E-state index contributed by atoms with van der Waals surface area (Å²) in [6.45, 7) is 4.41. The minimum atomic E-state index is -0.107. The number of carbonyl (C=O) groups excluding carboxylic acids is 1. The van der Waals surface area contributed by atoms with E-state index in [-0.39, 0.29) is 5.78 Å². The molecule has 0 bridgehead atoms. The molecule has 0 N–H and O–H groups in total. The molecule has 0 aliphatic carbocycles. The van der Waals surface area contributed by atoms with Gasteiger partial charge in [0.05, 0.1) is 21.5 Å². The third-order valence-corrected chi connectivity index (χ3v) is 4.64. The van der Waals surface area contributed by atoms with Crippen LogP contribution in [0.5, 0.6) is 5.75 Å². The van der Waals surface area contributed by atoms with Gasteiger partial charge in [0, 0.05) is 16.5 Å². The Labute approximate surface area is 132 Å². The molecule has 0 fully saturated rings. The predicted octanol–water partition coefficient (Wildman–Crippen LogP) is 5.25. The van der Waals surface area contributed by atoms with Gasteiger partial charge in [0.25, 0.3) is 0 Å². The van der Waals surface area contributed by atoms with Gasteiger partial charge in [0.2, 0.25) is 5.78 Å². The van der Waals surface area contributed by atoms with Crippen molar-refractivity contribution < 1.29 is 9.53 Å². The van der Waals surface area contributed by atoms with E-state index < -0.39 is 0 Å². The second-order valence-electron chi connectivity index (χ2n) is 4.14. The van der Waals surface area contributed by atoms with Crippen molar-refractivity contribution in [3.8, 4) is 5.75 Å². The summed E-state index contributed by atoms with van der Waals surface area (Å²) in [6, 6.07) is 6.95. The van der Waals surface area contributed by atoms with Crippen molar-refractivity contribution in [2.24, 2.45) is 0 Å². The number of aryl methyl sites for hydroxylation is 1. The highest BCUT2D eigenvalue weighted by Gasteiger charge is 2.17. The van der Waals surface area contributed by atoms with E-state index >= 15 is 0 Å². The first-order chi connectivity index (χ1) is 9.56. The molecule has 0 radical (unpaired) electrons. The zero-order valence-corrected chi connectivity index (χ0v) is 13.5.